The molecule has 2 nitrogen and oxygen atoms in total. The maximum atomic E-state index is 9.40. The second-order valence-electron chi connectivity index (χ2n) is 2.75. The van der Waals surface area contributed by atoms with Gasteiger partial charge in [-0.05, 0) is 17.5 Å². The van der Waals surface area contributed by atoms with Gasteiger partial charge in [0.25, 0.3) is 0 Å². The summed E-state index contributed by atoms with van der Waals surface area (Å²) in [5, 5.41) is 9.40. The van der Waals surface area contributed by atoms with Crippen molar-refractivity contribution in [3.05, 3.63) is 42.3 Å². The first-order chi connectivity index (χ1) is 5.77. The molecule has 65 valence electrons. The summed E-state index contributed by atoms with van der Waals surface area (Å²) in [6.45, 7) is 4.17. The summed E-state index contributed by atoms with van der Waals surface area (Å²) in [7, 11) is 0. The smallest absolute Gasteiger partial charge is 0.0790 e. The maximum absolute atomic E-state index is 9.40. The molecule has 12 heavy (non-hydrogen) atoms. The zero-order valence-corrected chi connectivity index (χ0v) is 7.03. The number of aliphatic hydroxyl groups is 1. The third kappa shape index (κ3) is 2.06. The molecule has 0 spiro atoms. The highest BCUT2D eigenvalue weighted by atomic mass is 16.3. The first kappa shape index (κ1) is 9.23. The van der Waals surface area contributed by atoms with Crippen molar-refractivity contribution in [3.8, 4) is 0 Å². The van der Waals surface area contributed by atoms with Gasteiger partial charge in [-0.2, -0.15) is 0 Å². The Hall–Kier alpha value is -0.860. The lowest BCUT2D eigenvalue weighted by atomic mass is 10.1. The van der Waals surface area contributed by atoms with Crippen LogP contribution in [0.3, 0.4) is 0 Å². The third-order valence-corrected chi connectivity index (χ3v) is 1.87. The lowest BCUT2D eigenvalue weighted by Gasteiger charge is -2.07. The molecule has 0 aliphatic carbocycles. The van der Waals surface area contributed by atoms with E-state index >= 15 is 0 Å². The van der Waals surface area contributed by atoms with Crippen LogP contribution in [0.25, 0.3) is 0 Å². The number of nitrogens with two attached hydrogens (primary N) is 1. The molecule has 0 saturated carbocycles. The van der Waals surface area contributed by atoms with Gasteiger partial charge >= 0.3 is 0 Å². The summed E-state index contributed by atoms with van der Waals surface area (Å²) in [5.41, 5.74) is 7.42. The molecule has 2 heteroatoms. The Morgan fingerprint density at radius 2 is 1.92 bits per heavy atom. The summed E-state index contributed by atoms with van der Waals surface area (Å²) in [6.07, 6.45) is 0.0546. The summed E-state index contributed by atoms with van der Waals surface area (Å²) in [4.78, 5) is 0. The fourth-order valence-electron chi connectivity index (χ4n) is 1.04. The number of aliphatic hydroxyl groups excluding tert-OH is 1. The van der Waals surface area contributed by atoms with Crippen molar-refractivity contribution in [3.63, 3.8) is 0 Å². The molecule has 1 atom stereocenters. The van der Waals surface area contributed by atoms with Crippen LogP contribution in [0.4, 0.5) is 0 Å². The van der Waals surface area contributed by atoms with Gasteiger partial charge in [0.05, 0.1) is 6.10 Å². The van der Waals surface area contributed by atoms with E-state index in [1.807, 2.05) is 24.3 Å². The molecule has 3 N–H and O–H groups in total. The monoisotopic (exact) mass is 164 g/mol. The predicted octanol–water partition coefficient (Wildman–Crippen LogP) is 1.40. The van der Waals surface area contributed by atoms with Gasteiger partial charge in [-0.25, -0.2) is 0 Å². The zero-order chi connectivity index (χ0) is 8.97. The molecule has 1 unspecified atom stereocenters. The predicted molar refractivity (Wildman–Crippen MR) is 49.3 cm³/mol. The molecule has 0 fully saturated rings. The normalized spacial score (nSPS) is 12.9. The first-order valence-corrected chi connectivity index (χ1v) is 4.04. The highest BCUT2D eigenvalue weighted by molar-refractivity contribution is 5.23. The Bertz CT molecular complexity index is 230. The molecule has 1 aromatic carbocycles. The Balaban J connectivity index is 2.77. The van der Waals surface area contributed by atoms with E-state index in [1.165, 1.54) is 0 Å². The van der Waals surface area contributed by atoms with Crippen LogP contribution in [-0.2, 0) is 6.54 Å². The average Bonchev–Trinajstić information content (AvgIpc) is 2.17. The lowest BCUT2D eigenvalue weighted by molar-refractivity contribution is 0.181. The molecule has 0 amide bonds. The fraction of sp³-hybridized carbons (Fsp3) is 0.300. The molecule has 0 aliphatic rings. The number of hydrogen-bond acceptors (Lipinski definition) is 2. The molecule has 0 bridgehead atoms. The third-order valence-electron chi connectivity index (χ3n) is 1.87. The van der Waals surface area contributed by atoms with E-state index in [9.17, 15) is 5.11 Å². The standard InChI is InChI=1S/C10H14NO/c1-2-10(12)9-5-3-8(7-11)4-6-9/h3-6,10,12H,1-2,7,11H2. The Labute approximate surface area is 73.0 Å². The van der Waals surface area contributed by atoms with E-state index in [0.717, 1.165) is 11.1 Å². The number of benzene rings is 1. The topological polar surface area (TPSA) is 46.2 Å². The minimum absolute atomic E-state index is 0.447. The van der Waals surface area contributed by atoms with Crippen LogP contribution in [0.5, 0.6) is 0 Å². The van der Waals surface area contributed by atoms with Gasteiger partial charge in [-0.15, -0.1) is 0 Å². The van der Waals surface area contributed by atoms with Gasteiger partial charge in [0.15, 0.2) is 0 Å². The number of hydrogen-bond donors (Lipinski definition) is 2. The summed E-state index contributed by atoms with van der Waals surface area (Å²) in [5.74, 6) is 0. The molecule has 1 rings (SSSR count). The van der Waals surface area contributed by atoms with Gasteiger partial charge in [0, 0.05) is 6.54 Å². The van der Waals surface area contributed by atoms with Gasteiger partial charge in [-0.3, -0.25) is 0 Å². The van der Waals surface area contributed by atoms with E-state index < -0.39 is 6.10 Å². The second-order valence-corrected chi connectivity index (χ2v) is 2.75. The Morgan fingerprint density at radius 3 is 2.33 bits per heavy atom. The van der Waals surface area contributed by atoms with E-state index in [-0.39, 0.29) is 0 Å². The highest BCUT2D eigenvalue weighted by Gasteiger charge is 2.02. The molecule has 0 aliphatic heterocycles. The van der Waals surface area contributed by atoms with Gasteiger partial charge < -0.3 is 10.8 Å². The van der Waals surface area contributed by atoms with Crippen LogP contribution in [0.1, 0.15) is 23.7 Å². The summed E-state index contributed by atoms with van der Waals surface area (Å²) >= 11 is 0. The fourth-order valence-corrected chi connectivity index (χ4v) is 1.04. The van der Waals surface area contributed by atoms with E-state index in [0.29, 0.717) is 13.0 Å². The van der Waals surface area contributed by atoms with Crippen molar-refractivity contribution >= 4 is 0 Å². The van der Waals surface area contributed by atoms with Crippen LogP contribution in [0.15, 0.2) is 24.3 Å². The van der Waals surface area contributed by atoms with E-state index in [2.05, 4.69) is 6.92 Å². The SMILES string of the molecule is [CH2]CC(O)c1ccc(CN)cc1. The van der Waals surface area contributed by atoms with Crippen LogP contribution >= 0.6 is 0 Å². The van der Waals surface area contributed by atoms with Crippen molar-refractivity contribution in [1.82, 2.24) is 0 Å². The van der Waals surface area contributed by atoms with Crippen molar-refractivity contribution in [2.75, 3.05) is 0 Å². The van der Waals surface area contributed by atoms with Crippen molar-refractivity contribution in [1.29, 1.82) is 0 Å². The van der Waals surface area contributed by atoms with E-state index in [4.69, 9.17) is 5.73 Å². The summed E-state index contributed by atoms with van der Waals surface area (Å²) in [6, 6.07) is 7.62. The molecule has 0 heterocycles. The van der Waals surface area contributed by atoms with Crippen molar-refractivity contribution in [2.24, 2.45) is 5.73 Å². The zero-order valence-electron chi connectivity index (χ0n) is 7.03. The molecular formula is C10H14NO. The Kier molecular flexibility index (Phi) is 3.26. The molecule has 1 aromatic rings. The lowest BCUT2D eigenvalue weighted by Crippen LogP contribution is -1.98. The molecule has 0 saturated heterocycles. The minimum atomic E-state index is -0.447. The van der Waals surface area contributed by atoms with Gasteiger partial charge in [0.2, 0.25) is 0 Å². The highest BCUT2D eigenvalue weighted by Crippen LogP contribution is 2.15. The second kappa shape index (κ2) is 4.24. The first-order valence-electron chi connectivity index (χ1n) is 4.04. The number of rotatable bonds is 3. The van der Waals surface area contributed by atoms with Crippen molar-refractivity contribution in [2.45, 2.75) is 19.1 Å². The molecule has 0 aromatic heterocycles. The average molecular weight is 164 g/mol. The van der Waals surface area contributed by atoms with Gasteiger partial charge in [-0.1, -0.05) is 31.2 Å². The minimum Gasteiger partial charge on any atom is -0.388 e. The Morgan fingerprint density at radius 1 is 1.33 bits per heavy atom. The van der Waals surface area contributed by atoms with Gasteiger partial charge in [0.1, 0.15) is 0 Å². The molecular weight excluding hydrogens is 150 g/mol. The van der Waals surface area contributed by atoms with Crippen LogP contribution in [0.2, 0.25) is 0 Å². The largest absolute Gasteiger partial charge is 0.388 e. The quantitative estimate of drug-likeness (QED) is 0.709. The van der Waals surface area contributed by atoms with Crippen molar-refractivity contribution < 1.29 is 5.11 Å². The van der Waals surface area contributed by atoms with E-state index in [1.54, 1.807) is 0 Å². The summed E-state index contributed by atoms with van der Waals surface area (Å²) < 4.78 is 0. The van der Waals surface area contributed by atoms with Crippen LogP contribution in [-0.4, -0.2) is 5.11 Å². The molecule has 1 radical (unpaired) electrons. The maximum Gasteiger partial charge on any atom is 0.0790 e. The van der Waals surface area contributed by atoms with Crippen LogP contribution in [0, 0.1) is 6.92 Å². The van der Waals surface area contributed by atoms with Crippen LogP contribution < -0.4 is 5.73 Å².